The largest absolute Gasteiger partial charge is 0.491 e. The number of hydrogen-bond acceptors (Lipinski definition) is 5. The number of hydrogen-bond donors (Lipinski definition) is 3. The van der Waals surface area contributed by atoms with E-state index in [1.54, 1.807) is 39.8 Å². The van der Waals surface area contributed by atoms with Crippen LogP contribution in [0, 0.1) is 0 Å². The van der Waals surface area contributed by atoms with Gasteiger partial charge in [0.2, 0.25) is 0 Å². The van der Waals surface area contributed by atoms with Gasteiger partial charge in [-0.15, -0.1) is 0 Å². The molecule has 0 saturated carbocycles. The van der Waals surface area contributed by atoms with Gasteiger partial charge in [0, 0.05) is 0 Å². The van der Waals surface area contributed by atoms with Crippen LogP contribution in [0.3, 0.4) is 0 Å². The number of benzene rings is 3. The summed E-state index contributed by atoms with van der Waals surface area (Å²) in [6.45, 7) is 6.78. The van der Waals surface area contributed by atoms with Gasteiger partial charge < -0.3 is 20.1 Å². The van der Waals surface area contributed by atoms with Crippen LogP contribution < -0.4 is 4.74 Å². The van der Waals surface area contributed by atoms with Crippen LogP contribution in [0.15, 0.2) is 84.9 Å². The van der Waals surface area contributed by atoms with Crippen LogP contribution in [0.5, 0.6) is 11.5 Å². The Morgan fingerprint density at radius 2 is 1.14 bits per heavy atom. The Bertz CT molecular complexity index is 959. The van der Waals surface area contributed by atoms with Gasteiger partial charge in [-0.3, -0.25) is 9.90 Å². The normalized spacial score (nSPS) is 13.2. The molecule has 1 radical (unpaired) electrons. The Balaban J connectivity index is 0.000000328. The minimum Gasteiger partial charge on any atom is -0.491 e. The van der Waals surface area contributed by atoms with Crippen molar-refractivity contribution in [3.05, 3.63) is 96.1 Å². The predicted octanol–water partition coefficient (Wildman–Crippen LogP) is 4.87. The van der Waals surface area contributed by atoms with E-state index < -0.39 is 23.0 Å². The number of Topliss-reactive ketones (excluding diaryl/α,β-unsaturated/α-hetero) is 1. The Morgan fingerprint density at radius 1 is 0.743 bits per heavy atom. The predicted molar refractivity (Wildman–Crippen MR) is 135 cm³/mol. The van der Waals surface area contributed by atoms with Crippen molar-refractivity contribution >= 4 is 5.78 Å². The molecule has 35 heavy (non-hydrogen) atoms. The molecule has 6 nitrogen and oxygen atoms in total. The standard InChI is InChI=1S/C21H26O3.C8H9O3/c1-20(2,23)17(15-11-7-5-8-12-15)19(22)18(21(3,4)24)16-13-9-6-10-14-16;9-5-6-11-8-3-1-7(10)2-4-8/h5-14,17-18,23-24H,1-4H3;1-4,9H,5-6H2. The maximum atomic E-state index is 13.4. The van der Waals surface area contributed by atoms with E-state index in [9.17, 15) is 20.1 Å². The zero-order valence-corrected chi connectivity index (χ0v) is 20.7. The number of rotatable bonds is 9. The number of aliphatic hydroxyl groups is 3. The van der Waals surface area contributed by atoms with Crippen molar-refractivity contribution < 1.29 is 30.0 Å². The smallest absolute Gasteiger partial charge is 0.178 e. The molecule has 0 spiro atoms. The summed E-state index contributed by atoms with van der Waals surface area (Å²) in [4.78, 5) is 13.4. The highest BCUT2D eigenvalue weighted by Crippen LogP contribution is 2.39. The fraction of sp³-hybridized carbons (Fsp3) is 0.345. The SMILES string of the molecule is CC(C)(O)C(C(=O)C(c1ccccc1)C(C)(C)O)c1ccccc1.[O]c1ccc(OCCO)cc1. The highest BCUT2D eigenvalue weighted by Gasteiger charge is 2.43. The number of ether oxygens (including phenoxy) is 1. The van der Waals surface area contributed by atoms with Crippen LogP contribution in [0.1, 0.15) is 50.7 Å². The molecule has 6 heteroatoms. The van der Waals surface area contributed by atoms with Gasteiger partial charge in [0.05, 0.1) is 29.6 Å². The highest BCUT2D eigenvalue weighted by atomic mass is 16.5. The van der Waals surface area contributed by atoms with Gasteiger partial charge in [-0.2, -0.15) is 0 Å². The summed E-state index contributed by atoms with van der Waals surface area (Å²) in [5.41, 5.74) is -0.978. The molecular weight excluding hydrogens is 444 g/mol. The van der Waals surface area contributed by atoms with Crippen LogP contribution in [0.2, 0.25) is 0 Å². The lowest BCUT2D eigenvalue weighted by atomic mass is 9.71. The summed E-state index contributed by atoms with van der Waals surface area (Å²) in [7, 11) is 0. The van der Waals surface area contributed by atoms with Crippen molar-refractivity contribution in [3.63, 3.8) is 0 Å². The molecule has 0 bridgehead atoms. The van der Waals surface area contributed by atoms with Crippen molar-refractivity contribution in [2.24, 2.45) is 0 Å². The molecule has 0 fully saturated rings. The topological polar surface area (TPSA) is 107 Å². The van der Waals surface area contributed by atoms with E-state index >= 15 is 0 Å². The van der Waals surface area contributed by atoms with Crippen molar-refractivity contribution in [3.8, 4) is 11.5 Å². The molecule has 0 amide bonds. The molecule has 0 aliphatic rings. The van der Waals surface area contributed by atoms with Crippen LogP contribution in [-0.2, 0) is 9.90 Å². The second-order valence-corrected chi connectivity index (χ2v) is 9.44. The third kappa shape index (κ3) is 8.51. The quantitative estimate of drug-likeness (QED) is 0.406. The van der Waals surface area contributed by atoms with E-state index in [4.69, 9.17) is 9.84 Å². The van der Waals surface area contributed by atoms with Crippen molar-refractivity contribution in [2.45, 2.75) is 50.7 Å². The maximum absolute atomic E-state index is 13.4. The lowest BCUT2D eigenvalue weighted by Gasteiger charge is -2.36. The lowest BCUT2D eigenvalue weighted by molar-refractivity contribution is -0.132. The molecule has 0 saturated heterocycles. The molecule has 2 atom stereocenters. The Morgan fingerprint density at radius 3 is 1.49 bits per heavy atom. The van der Waals surface area contributed by atoms with E-state index in [1.165, 1.54) is 12.1 Å². The van der Waals surface area contributed by atoms with Gasteiger partial charge in [0.15, 0.2) is 11.5 Å². The third-order valence-electron chi connectivity index (χ3n) is 5.43. The summed E-state index contributed by atoms with van der Waals surface area (Å²) in [5, 5.41) is 40.3. The summed E-state index contributed by atoms with van der Waals surface area (Å²) in [6.07, 6.45) is 0. The Kier molecular flexibility index (Phi) is 10.0. The third-order valence-corrected chi connectivity index (χ3v) is 5.43. The average molecular weight is 480 g/mol. The van der Waals surface area contributed by atoms with Gasteiger partial charge in [-0.1, -0.05) is 60.7 Å². The number of ketones is 1. The van der Waals surface area contributed by atoms with E-state index in [-0.39, 0.29) is 24.7 Å². The number of carbonyl (C=O) groups excluding carboxylic acids is 1. The second-order valence-electron chi connectivity index (χ2n) is 9.44. The number of carbonyl (C=O) groups is 1. The highest BCUT2D eigenvalue weighted by molar-refractivity contribution is 5.93. The molecule has 187 valence electrons. The van der Waals surface area contributed by atoms with Crippen molar-refractivity contribution in [1.29, 1.82) is 0 Å². The minimum atomic E-state index is -1.24. The number of aliphatic hydroxyl groups excluding tert-OH is 1. The zero-order valence-electron chi connectivity index (χ0n) is 20.7. The zero-order chi connectivity index (χ0) is 26.1. The van der Waals surface area contributed by atoms with Gasteiger partial charge in [-0.05, 0) is 63.1 Å². The fourth-order valence-corrected chi connectivity index (χ4v) is 4.00. The fourth-order valence-electron chi connectivity index (χ4n) is 4.00. The van der Waals surface area contributed by atoms with Crippen LogP contribution in [0.25, 0.3) is 0 Å². The molecule has 0 heterocycles. The summed E-state index contributed by atoms with van der Waals surface area (Å²) < 4.78 is 5.02. The molecule has 0 aliphatic heterocycles. The van der Waals surface area contributed by atoms with Crippen molar-refractivity contribution in [1.82, 2.24) is 0 Å². The molecule has 3 aromatic rings. The average Bonchev–Trinajstić information content (AvgIpc) is 2.79. The molecule has 0 aliphatic carbocycles. The summed E-state index contributed by atoms with van der Waals surface area (Å²) >= 11 is 0. The van der Waals surface area contributed by atoms with Gasteiger partial charge in [0.25, 0.3) is 0 Å². The van der Waals surface area contributed by atoms with E-state index in [0.717, 1.165) is 11.1 Å². The second kappa shape index (κ2) is 12.5. The van der Waals surface area contributed by atoms with E-state index in [0.29, 0.717) is 5.75 Å². The van der Waals surface area contributed by atoms with Gasteiger partial charge in [0.1, 0.15) is 12.4 Å². The Hall–Kier alpha value is -3.19. The van der Waals surface area contributed by atoms with Crippen LogP contribution >= 0.6 is 0 Å². The molecule has 0 aromatic heterocycles. The monoisotopic (exact) mass is 479 g/mol. The first-order valence-corrected chi connectivity index (χ1v) is 11.5. The first kappa shape index (κ1) is 28.1. The Labute approximate surface area is 207 Å². The minimum absolute atomic E-state index is 0.0148. The van der Waals surface area contributed by atoms with E-state index in [2.05, 4.69) is 0 Å². The molecule has 3 aromatic carbocycles. The first-order chi connectivity index (χ1) is 16.4. The maximum Gasteiger partial charge on any atom is 0.178 e. The van der Waals surface area contributed by atoms with Gasteiger partial charge >= 0.3 is 0 Å². The molecule has 2 unspecified atom stereocenters. The summed E-state index contributed by atoms with van der Waals surface area (Å²) in [6, 6.07) is 24.5. The summed E-state index contributed by atoms with van der Waals surface area (Å²) in [5.74, 6) is -1.07. The van der Waals surface area contributed by atoms with Gasteiger partial charge in [-0.25, -0.2) is 0 Å². The first-order valence-electron chi connectivity index (χ1n) is 11.5. The lowest BCUT2D eigenvalue weighted by Crippen LogP contribution is -2.43. The molecule has 3 rings (SSSR count). The van der Waals surface area contributed by atoms with Crippen LogP contribution in [-0.4, -0.2) is 45.5 Å². The molecular formula is C29H35O6. The van der Waals surface area contributed by atoms with Crippen LogP contribution in [0.4, 0.5) is 0 Å². The molecule has 3 N–H and O–H groups in total. The van der Waals surface area contributed by atoms with Crippen molar-refractivity contribution in [2.75, 3.05) is 13.2 Å². The van der Waals surface area contributed by atoms with E-state index in [1.807, 2.05) is 60.7 Å².